The Bertz CT molecular complexity index is 1500. The van der Waals surface area contributed by atoms with E-state index in [2.05, 4.69) is 113 Å². The predicted octanol–water partition coefficient (Wildman–Crippen LogP) is 8.22. The number of nitriles is 1. The van der Waals surface area contributed by atoms with Gasteiger partial charge >= 0.3 is 0 Å². The van der Waals surface area contributed by atoms with Crippen LogP contribution in [0.15, 0.2) is 125 Å². The molecule has 3 nitrogen and oxygen atoms in total. The minimum atomic E-state index is 0.563. The van der Waals surface area contributed by atoms with Crippen LogP contribution < -0.4 is 4.90 Å². The van der Waals surface area contributed by atoms with Crippen molar-refractivity contribution in [3.63, 3.8) is 0 Å². The molecule has 0 amide bonds. The molecule has 160 valence electrons. The Kier molecular flexibility index (Phi) is 5.10. The van der Waals surface area contributed by atoms with E-state index in [1.807, 2.05) is 17.8 Å². The molecule has 0 bridgehead atoms. The summed E-state index contributed by atoms with van der Waals surface area (Å²) in [4.78, 5) is 9.31. The second-order valence-electron chi connectivity index (χ2n) is 8.05. The van der Waals surface area contributed by atoms with Crippen molar-refractivity contribution in [1.29, 1.82) is 5.26 Å². The third-order valence-corrected chi connectivity index (χ3v) is 7.05. The highest BCUT2D eigenvalue weighted by molar-refractivity contribution is 7.99. The van der Waals surface area contributed by atoms with E-state index in [-0.39, 0.29) is 0 Å². The molecule has 0 atom stereocenters. The lowest BCUT2D eigenvalue weighted by Gasteiger charge is -2.33. The molecule has 0 unspecified atom stereocenters. The van der Waals surface area contributed by atoms with Gasteiger partial charge in [-0.1, -0.05) is 66.4 Å². The van der Waals surface area contributed by atoms with Crippen molar-refractivity contribution in [1.82, 2.24) is 4.98 Å². The summed E-state index contributed by atoms with van der Waals surface area (Å²) >= 11 is 1.81. The molecule has 0 radical (unpaired) electrons. The molecular weight excluding hydrogens is 434 g/mol. The van der Waals surface area contributed by atoms with Gasteiger partial charge in [-0.3, -0.25) is 4.98 Å². The molecule has 1 aliphatic heterocycles. The number of benzene rings is 4. The van der Waals surface area contributed by atoms with Crippen molar-refractivity contribution in [2.75, 3.05) is 4.90 Å². The molecule has 0 saturated heterocycles. The molecule has 0 saturated carbocycles. The van der Waals surface area contributed by atoms with Crippen LogP contribution in [0.25, 0.3) is 22.4 Å². The molecule has 1 aliphatic rings. The fourth-order valence-corrected chi connectivity index (χ4v) is 5.35. The molecule has 0 fully saturated rings. The maximum Gasteiger partial charge on any atom is 0.101 e. The molecule has 34 heavy (non-hydrogen) atoms. The largest absolute Gasteiger partial charge is 0.308 e. The lowest BCUT2D eigenvalue weighted by atomic mass is 10.0. The highest BCUT2D eigenvalue weighted by Gasteiger charge is 2.24. The molecule has 0 spiro atoms. The van der Waals surface area contributed by atoms with Gasteiger partial charge in [0.15, 0.2) is 0 Å². The van der Waals surface area contributed by atoms with E-state index < -0.39 is 0 Å². The van der Waals surface area contributed by atoms with Gasteiger partial charge in [-0.2, -0.15) is 5.26 Å². The fourth-order valence-electron chi connectivity index (χ4n) is 4.30. The van der Waals surface area contributed by atoms with Crippen molar-refractivity contribution in [2.24, 2.45) is 0 Å². The summed E-state index contributed by atoms with van der Waals surface area (Å²) < 4.78 is 0. The second-order valence-corrected chi connectivity index (χ2v) is 9.13. The number of fused-ring (bicyclic) bond motifs is 2. The maximum atomic E-state index is 9.05. The van der Waals surface area contributed by atoms with Crippen LogP contribution in [0.4, 0.5) is 17.1 Å². The number of para-hydroxylation sites is 2. The standard InChI is InChI=1S/C30H19N3S/c31-19-21-15-16-26(32-20-21)24-9-5-7-22(17-24)23-8-6-10-25(18-23)33-27-11-1-3-13-29(27)34-30-14-4-2-12-28(30)33/h1-18,20H. The van der Waals surface area contributed by atoms with Crippen LogP contribution in [-0.2, 0) is 0 Å². The van der Waals surface area contributed by atoms with Crippen molar-refractivity contribution >= 4 is 28.8 Å². The summed E-state index contributed by atoms with van der Waals surface area (Å²) in [6, 6.07) is 40.0. The predicted molar refractivity (Wildman–Crippen MR) is 139 cm³/mol. The first-order valence-corrected chi connectivity index (χ1v) is 11.8. The van der Waals surface area contributed by atoms with Gasteiger partial charge in [0.25, 0.3) is 0 Å². The Hall–Kier alpha value is -4.33. The lowest BCUT2D eigenvalue weighted by Crippen LogP contribution is -2.14. The van der Waals surface area contributed by atoms with Gasteiger partial charge in [-0.25, -0.2) is 0 Å². The summed E-state index contributed by atoms with van der Waals surface area (Å²) in [7, 11) is 0. The molecule has 6 rings (SSSR count). The average Bonchev–Trinajstić information content (AvgIpc) is 2.92. The van der Waals surface area contributed by atoms with E-state index in [0.717, 1.165) is 28.1 Å². The van der Waals surface area contributed by atoms with Gasteiger partial charge in [0.05, 0.1) is 22.6 Å². The smallest absolute Gasteiger partial charge is 0.101 e. The second kappa shape index (κ2) is 8.55. The normalized spacial score (nSPS) is 11.9. The molecule has 0 N–H and O–H groups in total. The zero-order valence-corrected chi connectivity index (χ0v) is 19.0. The monoisotopic (exact) mass is 453 g/mol. The van der Waals surface area contributed by atoms with Crippen LogP contribution in [0.5, 0.6) is 0 Å². The van der Waals surface area contributed by atoms with Gasteiger partial charge in [0, 0.05) is 27.2 Å². The highest BCUT2D eigenvalue weighted by atomic mass is 32.2. The zero-order valence-electron chi connectivity index (χ0n) is 18.2. The summed E-state index contributed by atoms with van der Waals surface area (Å²) in [6.45, 7) is 0. The third kappa shape index (κ3) is 3.63. The Morgan fingerprint density at radius 3 is 1.97 bits per heavy atom. The summed E-state index contributed by atoms with van der Waals surface area (Å²) in [5.41, 5.74) is 8.22. The Morgan fingerprint density at radius 1 is 0.647 bits per heavy atom. The minimum absolute atomic E-state index is 0.563. The van der Waals surface area contributed by atoms with E-state index in [9.17, 15) is 0 Å². The number of hydrogen-bond acceptors (Lipinski definition) is 4. The maximum absolute atomic E-state index is 9.05. The molecule has 4 heteroatoms. The first-order chi connectivity index (χ1) is 16.8. The van der Waals surface area contributed by atoms with E-state index in [1.165, 1.54) is 21.2 Å². The van der Waals surface area contributed by atoms with E-state index >= 15 is 0 Å². The SMILES string of the molecule is N#Cc1ccc(-c2cccc(-c3cccc(N4c5ccccc5Sc5ccccc54)c3)c2)nc1. The Balaban J connectivity index is 1.43. The molecule has 5 aromatic rings. The van der Waals surface area contributed by atoms with E-state index in [1.54, 1.807) is 12.3 Å². The van der Waals surface area contributed by atoms with E-state index in [0.29, 0.717) is 5.56 Å². The Labute approximate surface area is 203 Å². The molecule has 0 aliphatic carbocycles. The van der Waals surface area contributed by atoms with Crippen LogP contribution in [-0.4, -0.2) is 4.98 Å². The Morgan fingerprint density at radius 2 is 1.29 bits per heavy atom. The average molecular weight is 454 g/mol. The fraction of sp³-hybridized carbons (Fsp3) is 0. The number of hydrogen-bond donors (Lipinski definition) is 0. The van der Waals surface area contributed by atoms with E-state index in [4.69, 9.17) is 5.26 Å². The van der Waals surface area contributed by atoms with Crippen LogP contribution in [0.2, 0.25) is 0 Å². The van der Waals surface area contributed by atoms with Crippen LogP contribution >= 0.6 is 11.8 Å². The third-order valence-electron chi connectivity index (χ3n) is 5.92. The van der Waals surface area contributed by atoms with Gasteiger partial charge in [-0.05, 0) is 65.7 Å². The molecule has 1 aromatic heterocycles. The molecular formula is C30H19N3S. The summed E-state index contributed by atoms with van der Waals surface area (Å²) in [6.07, 6.45) is 1.62. The topological polar surface area (TPSA) is 39.9 Å². The summed E-state index contributed by atoms with van der Waals surface area (Å²) in [5, 5.41) is 9.05. The first-order valence-electron chi connectivity index (χ1n) is 11.0. The lowest BCUT2D eigenvalue weighted by molar-refractivity contribution is 1.17. The zero-order chi connectivity index (χ0) is 22.9. The van der Waals surface area contributed by atoms with Gasteiger partial charge in [-0.15, -0.1) is 0 Å². The molecule has 4 aromatic carbocycles. The number of aromatic nitrogens is 1. The number of rotatable bonds is 3. The molecule has 2 heterocycles. The van der Waals surface area contributed by atoms with Crippen molar-refractivity contribution < 1.29 is 0 Å². The van der Waals surface area contributed by atoms with Crippen molar-refractivity contribution in [3.8, 4) is 28.5 Å². The van der Waals surface area contributed by atoms with Gasteiger partial charge in [0.2, 0.25) is 0 Å². The van der Waals surface area contributed by atoms with Crippen LogP contribution in [0.1, 0.15) is 5.56 Å². The van der Waals surface area contributed by atoms with Crippen LogP contribution in [0.3, 0.4) is 0 Å². The van der Waals surface area contributed by atoms with Crippen LogP contribution in [0, 0.1) is 11.3 Å². The number of anilines is 3. The highest BCUT2D eigenvalue weighted by Crippen LogP contribution is 2.51. The summed E-state index contributed by atoms with van der Waals surface area (Å²) in [5.74, 6) is 0. The first kappa shape index (κ1) is 20.3. The van der Waals surface area contributed by atoms with Gasteiger partial charge in [0.1, 0.15) is 6.07 Å². The number of nitrogens with zero attached hydrogens (tertiary/aromatic N) is 3. The quantitative estimate of drug-likeness (QED) is 0.271. The van der Waals surface area contributed by atoms with Crippen molar-refractivity contribution in [2.45, 2.75) is 9.79 Å². The van der Waals surface area contributed by atoms with Crippen molar-refractivity contribution in [3.05, 3.63) is 121 Å². The van der Waals surface area contributed by atoms with Gasteiger partial charge < -0.3 is 4.90 Å². The minimum Gasteiger partial charge on any atom is -0.308 e. The number of pyridine rings is 1.